The Morgan fingerprint density at radius 3 is 2.32 bits per heavy atom. The highest BCUT2D eigenvalue weighted by molar-refractivity contribution is 5.71. The van der Waals surface area contributed by atoms with Crippen LogP contribution in [-0.2, 0) is 11.3 Å². The topological polar surface area (TPSA) is 82.8 Å². The van der Waals surface area contributed by atoms with Gasteiger partial charge in [0.1, 0.15) is 17.2 Å². The highest BCUT2D eigenvalue weighted by Gasteiger charge is 2.16. The molecule has 25 heavy (non-hydrogen) atoms. The number of benzene rings is 2. The summed E-state index contributed by atoms with van der Waals surface area (Å²) in [6.45, 7) is 5.97. The zero-order chi connectivity index (χ0) is 18.4. The van der Waals surface area contributed by atoms with E-state index in [-0.39, 0.29) is 5.54 Å². The van der Waals surface area contributed by atoms with Gasteiger partial charge in [-0.2, -0.15) is 0 Å². The number of amides is 1. The smallest absolute Gasteiger partial charge is 0.413 e. The lowest BCUT2D eigenvalue weighted by molar-refractivity contribution is 0.180. The lowest BCUT2D eigenvalue weighted by Gasteiger charge is -2.20. The molecule has 0 spiro atoms. The van der Waals surface area contributed by atoms with Crippen LogP contribution >= 0.6 is 0 Å². The van der Waals surface area contributed by atoms with Crippen LogP contribution in [-0.4, -0.2) is 18.7 Å². The average Bonchev–Trinajstić information content (AvgIpc) is 2.50. The van der Waals surface area contributed by atoms with Gasteiger partial charge < -0.3 is 25.3 Å². The Hall–Kier alpha value is -2.73. The number of anilines is 1. The number of methoxy groups -OCH3 is 1. The number of hydrogen-bond donors (Lipinski definition) is 2. The van der Waals surface area contributed by atoms with Gasteiger partial charge in [0.05, 0.1) is 6.61 Å². The van der Waals surface area contributed by atoms with Crippen LogP contribution in [0.1, 0.15) is 26.3 Å². The summed E-state index contributed by atoms with van der Waals surface area (Å²) >= 11 is 0. The minimum absolute atomic E-state index is 0.322. The molecular weight excluding hydrogens is 320 g/mol. The van der Waals surface area contributed by atoms with Crippen molar-refractivity contribution in [2.45, 2.75) is 32.9 Å². The van der Waals surface area contributed by atoms with Gasteiger partial charge in [0, 0.05) is 23.9 Å². The number of carbonyl (C=O) groups is 1. The molecule has 2 aromatic carbocycles. The van der Waals surface area contributed by atoms with Crippen molar-refractivity contribution < 1.29 is 19.0 Å². The molecule has 0 atom stereocenters. The molecule has 0 aliphatic heterocycles. The summed E-state index contributed by atoms with van der Waals surface area (Å²) in [5, 5.41) is 2.74. The van der Waals surface area contributed by atoms with Gasteiger partial charge in [0.25, 0.3) is 0 Å². The summed E-state index contributed by atoms with van der Waals surface area (Å²) in [6.07, 6.45) is -0.511. The Morgan fingerprint density at radius 1 is 1.08 bits per heavy atom. The molecule has 0 aliphatic rings. The maximum absolute atomic E-state index is 11.9. The number of nitrogens with two attached hydrogens (primary N) is 1. The number of nitrogen functional groups attached to an aromatic ring is 1. The third-order valence-electron chi connectivity index (χ3n) is 3.13. The van der Waals surface area contributed by atoms with Gasteiger partial charge in [-0.05, 0) is 63.2 Å². The van der Waals surface area contributed by atoms with Gasteiger partial charge in [0.15, 0.2) is 0 Å². The number of rotatable bonds is 5. The summed E-state index contributed by atoms with van der Waals surface area (Å²) in [4.78, 5) is 11.9. The first-order chi connectivity index (χ1) is 11.8. The first-order valence-corrected chi connectivity index (χ1v) is 7.92. The molecule has 6 heteroatoms. The van der Waals surface area contributed by atoms with E-state index in [9.17, 15) is 4.79 Å². The standard InChI is InChI=1S/C19H24N2O4/c1-19(2,3)21-18(22)25-16-9-10-17(13(11-16)12-23-4)24-15-7-5-14(20)6-8-15/h5-11H,12,20H2,1-4H3,(H,21,22). The van der Waals surface area contributed by atoms with Crippen LogP contribution in [0.25, 0.3) is 0 Å². The lowest BCUT2D eigenvalue weighted by Crippen LogP contribution is -2.42. The molecule has 0 aliphatic carbocycles. The SMILES string of the molecule is COCc1cc(OC(=O)NC(C)(C)C)ccc1Oc1ccc(N)cc1. The molecule has 2 rings (SSSR count). The summed E-state index contributed by atoms with van der Waals surface area (Å²) in [5.41, 5.74) is 6.74. The van der Waals surface area contributed by atoms with Crippen molar-refractivity contribution in [1.82, 2.24) is 5.32 Å². The van der Waals surface area contributed by atoms with E-state index in [4.69, 9.17) is 19.9 Å². The summed E-state index contributed by atoms with van der Waals surface area (Å²) < 4.78 is 16.4. The fraction of sp³-hybridized carbons (Fsp3) is 0.316. The quantitative estimate of drug-likeness (QED) is 0.798. The minimum atomic E-state index is -0.511. The molecule has 0 bridgehead atoms. The third kappa shape index (κ3) is 6.00. The Balaban J connectivity index is 2.16. The van der Waals surface area contributed by atoms with Crippen LogP contribution < -0.4 is 20.5 Å². The molecule has 0 saturated heterocycles. The zero-order valence-corrected chi connectivity index (χ0v) is 15.0. The van der Waals surface area contributed by atoms with Crippen molar-refractivity contribution in [3.8, 4) is 17.2 Å². The normalized spacial score (nSPS) is 11.0. The maximum Gasteiger partial charge on any atom is 0.413 e. The van der Waals surface area contributed by atoms with Crippen molar-refractivity contribution >= 4 is 11.8 Å². The Bertz CT molecular complexity index is 721. The Kier molecular flexibility index (Phi) is 5.88. The van der Waals surface area contributed by atoms with Crippen LogP contribution in [0.15, 0.2) is 42.5 Å². The molecule has 6 nitrogen and oxygen atoms in total. The van der Waals surface area contributed by atoms with Gasteiger partial charge >= 0.3 is 6.09 Å². The fourth-order valence-electron chi connectivity index (χ4n) is 2.09. The first kappa shape index (κ1) is 18.6. The molecular formula is C19H24N2O4. The summed E-state index contributed by atoms with van der Waals surface area (Å²) in [7, 11) is 1.59. The van der Waals surface area contributed by atoms with Gasteiger partial charge in [-0.25, -0.2) is 4.79 Å². The van der Waals surface area contributed by atoms with E-state index < -0.39 is 6.09 Å². The second-order valence-electron chi connectivity index (χ2n) is 6.64. The van der Waals surface area contributed by atoms with E-state index in [1.165, 1.54) is 0 Å². The van der Waals surface area contributed by atoms with Crippen molar-refractivity contribution in [3.63, 3.8) is 0 Å². The lowest BCUT2D eigenvalue weighted by atomic mass is 10.1. The fourth-order valence-corrected chi connectivity index (χ4v) is 2.09. The average molecular weight is 344 g/mol. The van der Waals surface area contributed by atoms with E-state index in [1.54, 1.807) is 49.6 Å². The van der Waals surface area contributed by atoms with E-state index in [0.717, 1.165) is 5.56 Å². The molecule has 3 N–H and O–H groups in total. The van der Waals surface area contributed by atoms with Crippen molar-refractivity contribution in [1.29, 1.82) is 0 Å². The molecule has 0 unspecified atom stereocenters. The monoisotopic (exact) mass is 344 g/mol. The van der Waals surface area contributed by atoms with Gasteiger partial charge in [-0.15, -0.1) is 0 Å². The zero-order valence-electron chi connectivity index (χ0n) is 15.0. The molecule has 0 saturated carbocycles. The highest BCUT2D eigenvalue weighted by Crippen LogP contribution is 2.30. The maximum atomic E-state index is 11.9. The predicted octanol–water partition coefficient (Wildman–Crippen LogP) is 4.09. The molecule has 0 fully saturated rings. The Morgan fingerprint density at radius 2 is 1.72 bits per heavy atom. The van der Waals surface area contributed by atoms with Gasteiger partial charge in [-0.3, -0.25) is 0 Å². The highest BCUT2D eigenvalue weighted by atomic mass is 16.6. The number of ether oxygens (including phenoxy) is 3. The summed E-state index contributed by atoms with van der Waals surface area (Å²) in [5.74, 6) is 1.69. The van der Waals surface area contributed by atoms with Gasteiger partial charge in [-0.1, -0.05) is 0 Å². The van der Waals surface area contributed by atoms with Crippen LogP contribution in [0.2, 0.25) is 0 Å². The van der Waals surface area contributed by atoms with Crippen molar-refractivity contribution in [3.05, 3.63) is 48.0 Å². The first-order valence-electron chi connectivity index (χ1n) is 7.92. The van der Waals surface area contributed by atoms with Crippen LogP contribution in [0.3, 0.4) is 0 Å². The second-order valence-corrected chi connectivity index (χ2v) is 6.64. The van der Waals surface area contributed by atoms with Crippen molar-refractivity contribution in [2.75, 3.05) is 12.8 Å². The third-order valence-corrected chi connectivity index (χ3v) is 3.13. The molecule has 0 heterocycles. The van der Waals surface area contributed by atoms with Crippen LogP contribution in [0, 0.1) is 0 Å². The Labute approximate surface area is 147 Å². The molecule has 0 radical (unpaired) electrons. The van der Waals surface area contributed by atoms with E-state index in [0.29, 0.717) is 29.5 Å². The van der Waals surface area contributed by atoms with E-state index in [1.807, 2.05) is 20.8 Å². The van der Waals surface area contributed by atoms with E-state index >= 15 is 0 Å². The molecule has 2 aromatic rings. The predicted molar refractivity (Wildman–Crippen MR) is 97.0 cm³/mol. The summed E-state index contributed by atoms with van der Waals surface area (Å²) in [6, 6.07) is 12.2. The molecule has 0 aromatic heterocycles. The number of nitrogens with one attached hydrogen (secondary N) is 1. The van der Waals surface area contributed by atoms with Gasteiger partial charge in [0.2, 0.25) is 0 Å². The largest absolute Gasteiger partial charge is 0.457 e. The van der Waals surface area contributed by atoms with Crippen LogP contribution in [0.5, 0.6) is 17.2 Å². The van der Waals surface area contributed by atoms with Crippen molar-refractivity contribution in [2.24, 2.45) is 0 Å². The second kappa shape index (κ2) is 7.90. The number of hydrogen-bond acceptors (Lipinski definition) is 5. The van der Waals surface area contributed by atoms with E-state index in [2.05, 4.69) is 5.32 Å². The van der Waals surface area contributed by atoms with Crippen LogP contribution in [0.4, 0.5) is 10.5 Å². The molecule has 134 valence electrons. The number of carbonyl (C=O) groups excluding carboxylic acids is 1. The minimum Gasteiger partial charge on any atom is -0.457 e. The molecule has 1 amide bonds.